The fourth-order valence-electron chi connectivity index (χ4n) is 2.26. The molecule has 0 bridgehead atoms. The molecular weight excluding hydrogens is 264 g/mol. The molecule has 0 aromatic heterocycles. The molecule has 0 aliphatic carbocycles. The molecule has 1 saturated heterocycles. The topological polar surface area (TPSA) is 35.5 Å². The standard InChI is InChI=1S/C12H14F4N2O/c13-6-8(18-3-1-17-2-4-18)10-9(19)5-7(14)11(15)12(10)16/h5,8,17,19H,1-4,6H2/t8-/m1/s1. The van der Waals surface area contributed by atoms with Crippen molar-refractivity contribution in [2.45, 2.75) is 6.04 Å². The van der Waals surface area contributed by atoms with Crippen LogP contribution in [-0.4, -0.2) is 42.9 Å². The Morgan fingerprint density at radius 3 is 2.42 bits per heavy atom. The summed E-state index contributed by atoms with van der Waals surface area (Å²) in [6.07, 6.45) is 0. The maximum atomic E-state index is 13.7. The maximum Gasteiger partial charge on any atom is 0.195 e. The van der Waals surface area contributed by atoms with Gasteiger partial charge in [-0.15, -0.1) is 0 Å². The van der Waals surface area contributed by atoms with Crippen LogP contribution < -0.4 is 5.32 Å². The number of aromatic hydroxyl groups is 1. The largest absolute Gasteiger partial charge is 0.507 e. The van der Waals surface area contributed by atoms with Crippen LogP contribution in [0.3, 0.4) is 0 Å². The van der Waals surface area contributed by atoms with Crippen molar-refractivity contribution in [1.82, 2.24) is 10.2 Å². The van der Waals surface area contributed by atoms with Crippen LogP contribution in [0.2, 0.25) is 0 Å². The molecule has 0 unspecified atom stereocenters. The van der Waals surface area contributed by atoms with Crippen LogP contribution in [0.4, 0.5) is 17.6 Å². The van der Waals surface area contributed by atoms with Crippen molar-refractivity contribution in [3.63, 3.8) is 0 Å². The van der Waals surface area contributed by atoms with Gasteiger partial charge in [0.15, 0.2) is 17.5 Å². The second-order valence-electron chi connectivity index (χ2n) is 4.38. The van der Waals surface area contributed by atoms with Crippen molar-refractivity contribution < 1.29 is 22.7 Å². The van der Waals surface area contributed by atoms with E-state index in [0.717, 1.165) is 0 Å². The molecule has 1 atom stereocenters. The smallest absolute Gasteiger partial charge is 0.195 e. The molecule has 106 valence electrons. The minimum Gasteiger partial charge on any atom is -0.507 e. The molecule has 19 heavy (non-hydrogen) atoms. The normalized spacial score (nSPS) is 18.5. The van der Waals surface area contributed by atoms with E-state index in [4.69, 9.17) is 0 Å². The summed E-state index contributed by atoms with van der Waals surface area (Å²) in [6, 6.07) is -0.643. The molecule has 3 nitrogen and oxygen atoms in total. The fourth-order valence-corrected chi connectivity index (χ4v) is 2.26. The number of hydrogen-bond donors (Lipinski definition) is 2. The number of nitrogens with one attached hydrogen (secondary N) is 1. The van der Waals surface area contributed by atoms with Crippen molar-refractivity contribution in [2.24, 2.45) is 0 Å². The Morgan fingerprint density at radius 1 is 1.21 bits per heavy atom. The van der Waals surface area contributed by atoms with Crippen LogP contribution in [0, 0.1) is 17.5 Å². The lowest BCUT2D eigenvalue weighted by atomic mass is 10.0. The van der Waals surface area contributed by atoms with Gasteiger partial charge in [0.2, 0.25) is 0 Å². The predicted molar refractivity (Wildman–Crippen MR) is 61.1 cm³/mol. The summed E-state index contributed by atoms with van der Waals surface area (Å²) in [5, 5.41) is 12.6. The summed E-state index contributed by atoms with van der Waals surface area (Å²) in [5.41, 5.74) is -0.525. The highest BCUT2D eigenvalue weighted by atomic mass is 19.2. The van der Waals surface area contributed by atoms with Crippen molar-refractivity contribution in [2.75, 3.05) is 32.9 Å². The van der Waals surface area contributed by atoms with Gasteiger partial charge in [0.05, 0.1) is 11.6 Å². The average Bonchev–Trinajstić information content (AvgIpc) is 2.42. The lowest BCUT2D eigenvalue weighted by Gasteiger charge is -2.34. The number of halogens is 4. The summed E-state index contributed by atoms with van der Waals surface area (Å²) in [5.74, 6) is -5.48. The molecule has 1 heterocycles. The third-order valence-electron chi connectivity index (χ3n) is 3.25. The minimum absolute atomic E-state index is 0.437. The Hall–Kier alpha value is -1.34. The highest BCUT2D eigenvalue weighted by molar-refractivity contribution is 5.37. The zero-order chi connectivity index (χ0) is 14.0. The van der Waals surface area contributed by atoms with Crippen LogP contribution in [0.1, 0.15) is 11.6 Å². The molecule has 0 amide bonds. The Balaban J connectivity index is 2.40. The number of benzene rings is 1. The second kappa shape index (κ2) is 5.75. The van der Waals surface area contributed by atoms with E-state index in [1.54, 1.807) is 4.90 Å². The van der Waals surface area contributed by atoms with Crippen molar-refractivity contribution in [3.8, 4) is 5.75 Å². The van der Waals surface area contributed by atoms with Crippen molar-refractivity contribution in [1.29, 1.82) is 0 Å². The summed E-state index contributed by atoms with van der Waals surface area (Å²) in [4.78, 5) is 1.59. The number of alkyl halides is 1. The summed E-state index contributed by atoms with van der Waals surface area (Å²) in [7, 11) is 0. The molecular formula is C12H14F4N2O. The lowest BCUT2D eigenvalue weighted by Crippen LogP contribution is -2.46. The first kappa shape index (κ1) is 14.1. The third-order valence-corrected chi connectivity index (χ3v) is 3.25. The van der Waals surface area contributed by atoms with Crippen LogP contribution in [0.5, 0.6) is 5.75 Å². The van der Waals surface area contributed by atoms with E-state index in [1.165, 1.54) is 0 Å². The number of nitrogens with zero attached hydrogens (tertiary/aromatic N) is 1. The molecule has 0 spiro atoms. The van der Waals surface area contributed by atoms with Gasteiger partial charge in [-0.25, -0.2) is 17.6 Å². The van der Waals surface area contributed by atoms with Gasteiger partial charge in [-0.2, -0.15) is 0 Å². The van der Waals surface area contributed by atoms with Crippen LogP contribution in [0.25, 0.3) is 0 Å². The molecule has 2 rings (SSSR count). The van der Waals surface area contributed by atoms with Gasteiger partial charge >= 0.3 is 0 Å². The van der Waals surface area contributed by atoms with Gasteiger partial charge in [-0.05, 0) is 0 Å². The van der Waals surface area contributed by atoms with E-state index in [2.05, 4.69) is 5.32 Å². The van der Waals surface area contributed by atoms with Gasteiger partial charge in [0.1, 0.15) is 12.4 Å². The summed E-state index contributed by atoms with van der Waals surface area (Å²) in [6.45, 7) is 1.06. The lowest BCUT2D eigenvalue weighted by molar-refractivity contribution is 0.141. The Bertz CT molecular complexity index is 464. The van der Waals surface area contributed by atoms with E-state index in [1.807, 2.05) is 0 Å². The average molecular weight is 278 g/mol. The number of piperazine rings is 1. The number of rotatable bonds is 3. The Morgan fingerprint density at radius 2 is 1.84 bits per heavy atom. The molecule has 1 aliphatic rings. The van der Waals surface area contributed by atoms with E-state index < -0.39 is 41.5 Å². The summed E-state index contributed by atoms with van der Waals surface area (Å²) < 4.78 is 53.1. The van der Waals surface area contributed by atoms with Gasteiger partial charge in [0.25, 0.3) is 0 Å². The van der Waals surface area contributed by atoms with Crippen LogP contribution in [-0.2, 0) is 0 Å². The fraction of sp³-hybridized carbons (Fsp3) is 0.500. The molecule has 0 radical (unpaired) electrons. The van der Waals surface area contributed by atoms with Crippen LogP contribution in [0.15, 0.2) is 6.07 Å². The monoisotopic (exact) mass is 278 g/mol. The molecule has 0 saturated carbocycles. The molecule has 1 fully saturated rings. The number of hydrogen-bond acceptors (Lipinski definition) is 3. The second-order valence-corrected chi connectivity index (χ2v) is 4.38. The number of phenolic OH excluding ortho intramolecular Hbond substituents is 1. The Labute approximate surface area is 107 Å². The molecule has 1 aliphatic heterocycles. The highest BCUT2D eigenvalue weighted by Crippen LogP contribution is 2.34. The van der Waals surface area contributed by atoms with Crippen molar-refractivity contribution in [3.05, 3.63) is 29.1 Å². The van der Waals surface area contributed by atoms with E-state index in [-0.39, 0.29) is 0 Å². The first-order chi connectivity index (χ1) is 9.06. The molecule has 1 aromatic carbocycles. The molecule has 1 aromatic rings. The molecule has 7 heteroatoms. The maximum absolute atomic E-state index is 13.7. The van der Waals surface area contributed by atoms with E-state index in [9.17, 15) is 22.7 Å². The molecule has 2 N–H and O–H groups in total. The zero-order valence-electron chi connectivity index (χ0n) is 10.1. The van der Waals surface area contributed by atoms with Gasteiger partial charge in [0, 0.05) is 32.2 Å². The van der Waals surface area contributed by atoms with E-state index >= 15 is 0 Å². The minimum atomic E-state index is -1.69. The first-order valence-electron chi connectivity index (χ1n) is 5.93. The van der Waals surface area contributed by atoms with E-state index in [0.29, 0.717) is 32.2 Å². The third kappa shape index (κ3) is 2.66. The quantitative estimate of drug-likeness (QED) is 0.653. The van der Waals surface area contributed by atoms with Gasteiger partial charge in [-0.1, -0.05) is 0 Å². The summed E-state index contributed by atoms with van der Waals surface area (Å²) >= 11 is 0. The SMILES string of the molecule is Oc1cc(F)c(F)c(F)c1[C@@H](CF)N1CCNCC1. The first-order valence-corrected chi connectivity index (χ1v) is 5.93. The number of phenols is 1. The highest BCUT2D eigenvalue weighted by Gasteiger charge is 2.30. The van der Waals surface area contributed by atoms with Crippen LogP contribution >= 0.6 is 0 Å². The van der Waals surface area contributed by atoms with Crippen molar-refractivity contribution >= 4 is 0 Å². The Kier molecular flexibility index (Phi) is 4.26. The van der Waals surface area contributed by atoms with Gasteiger partial charge < -0.3 is 10.4 Å². The predicted octanol–water partition coefficient (Wildman–Crippen LogP) is 1.73. The zero-order valence-corrected chi connectivity index (χ0v) is 10.1. The van der Waals surface area contributed by atoms with Gasteiger partial charge in [-0.3, -0.25) is 4.90 Å².